The van der Waals surface area contributed by atoms with Gasteiger partial charge in [0.25, 0.3) is 5.91 Å². The molecule has 1 saturated heterocycles. The smallest absolute Gasteiger partial charge is 0.257 e. The second-order valence-electron chi connectivity index (χ2n) is 6.55. The quantitative estimate of drug-likeness (QED) is 0.723. The summed E-state index contributed by atoms with van der Waals surface area (Å²) in [4.78, 5) is 17.3. The van der Waals surface area contributed by atoms with Gasteiger partial charge in [-0.15, -0.1) is 0 Å². The van der Waals surface area contributed by atoms with Crippen molar-refractivity contribution in [2.24, 2.45) is 0 Å². The molecule has 1 aliphatic rings. The maximum absolute atomic E-state index is 13.1. The summed E-state index contributed by atoms with van der Waals surface area (Å²) < 4.78 is 10.9. The van der Waals surface area contributed by atoms with Gasteiger partial charge in [-0.2, -0.15) is 0 Å². The first-order valence-corrected chi connectivity index (χ1v) is 8.85. The van der Waals surface area contributed by atoms with E-state index in [9.17, 15) is 4.79 Å². The number of methoxy groups -OCH3 is 1. The summed E-state index contributed by atoms with van der Waals surface area (Å²) in [5, 5.41) is 2.12. The van der Waals surface area contributed by atoms with Gasteiger partial charge in [-0.3, -0.25) is 9.69 Å². The van der Waals surface area contributed by atoms with Crippen LogP contribution in [0.4, 0.5) is 0 Å². The van der Waals surface area contributed by atoms with Crippen LogP contribution in [0, 0.1) is 0 Å². The van der Waals surface area contributed by atoms with Crippen LogP contribution in [0.25, 0.3) is 10.8 Å². The number of ether oxygens (including phenoxy) is 1. The van der Waals surface area contributed by atoms with Gasteiger partial charge in [0, 0.05) is 26.2 Å². The summed E-state index contributed by atoms with van der Waals surface area (Å²) in [5.74, 6) is 1.62. The Hall–Kier alpha value is -2.79. The first-order chi connectivity index (χ1) is 12.7. The highest BCUT2D eigenvalue weighted by atomic mass is 16.5. The lowest BCUT2D eigenvalue weighted by Gasteiger charge is -2.34. The van der Waals surface area contributed by atoms with E-state index < -0.39 is 0 Å². The van der Waals surface area contributed by atoms with Gasteiger partial charge in [-0.25, -0.2) is 0 Å². The fourth-order valence-corrected chi connectivity index (χ4v) is 3.46. The largest absolute Gasteiger partial charge is 0.496 e. The molecule has 0 unspecified atom stereocenters. The minimum absolute atomic E-state index is 0.0326. The third kappa shape index (κ3) is 3.30. The monoisotopic (exact) mass is 350 g/mol. The van der Waals surface area contributed by atoms with Crippen LogP contribution in [-0.4, -0.2) is 49.0 Å². The molecule has 1 aliphatic heterocycles. The summed E-state index contributed by atoms with van der Waals surface area (Å²) in [5.41, 5.74) is 0.630. The summed E-state index contributed by atoms with van der Waals surface area (Å²) in [6.07, 6.45) is 1.70. The molecule has 0 aliphatic carbocycles. The van der Waals surface area contributed by atoms with Crippen molar-refractivity contribution in [2.75, 3.05) is 33.3 Å². The highest BCUT2D eigenvalue weighted by molar-refractivity contribution is 6.01. The topological polar surface area (TPSA) is 45.9 Å². The molecule has 4 rings (SSSR count). The zero-order valence-corrected chi connectivity index (χ0v) is 14.9. The first kappa shape index (κ1) is 16.7. The fraction of sp³-hybridized carbons (Fsp3) is 0.286. The number of hydrogen-bond donors (Lipinski definition) is 0. The SMILES string of the molecule is COc1cc2ccccc2cc1C(=O)N1CCN(Cc2ccco2)CC1. The van der Waals surface area contributed by atoms with Gasteiger partial charge in [0.05, 0.1) is 25.5 Å². The molecule has 0 radical (unpaired) electrons. The van der Waals surface area contributed by atoms with Gasteiger partial charge >= 0.3 is 0 Å². The Morgan fingerprint density at radius 2 is 1.77 bits per heavy atom. The number of amides is 1. The lowest BCUT2D eigenvalue weighted by molar-refractivity contribution is 0.0617. The molecular weight excluding hydrogens is 328 g/mol. The Bertz CT molecular complexity index is 897. The van der Waals surface area contributed by atoms with Crippen LogP contribution in [-0.2, 0) is 6.54 Å². The molecule has 5 heteroatoms. The minimum atomic E-state index is 0.0326. The molecule has 1 fully saturated rings. The molecule has 0 atom stereocenters. The number of carbonyl (C=O) groups is 1. The predicted molar refractivity (Wildman–Crippen MR) is 100 cm³/mol. The average Bonchev–Trinajstić information content (AvgIpc) is 3.20. The Morgan fingerprint density at radius 3 is 2.42 bits per heavy atom. The van der Waals surface area contributed by atoms with E-state index in [0.717, 1.165) is 36.2 Å². The normalized spacial score (nSPS) is 15.3. The molecule has 2 aromatic carbocycles. The molecule has 26 heavy (non-hydrogen) atoms. The molecule has 1 aromatic heterocycles. The van der Waals surface area contributed by atoms with Gasteiger partial charge in [0.15, 0.2) is 0 Å². The Morgan fingerprint density at radius 1 is 1.04 bits per heavy atom. The van der Waals surface area contributed by atoms with Crippen molar-refractivity contribution >= 4 is 16.7 Å². The molecule has 3 aromatic rings. The van der Waals surface area contributed by atoms with Gasteiger partial charge in [0.2, 0.25) is 0 Å². The summed E-state index contributed by atoms with van der Waals surface area (Å²) in [6, 6.07) is 15.8. The van der Waals surface area contributed by atoms with E-state index in [-0.39, 0.29) is 5.91 Å². The van der Waals surface area contributed by atoms with Crippen molar-refractivity contribution in [3.8, 4) is 5.75 Å². The van der Waals surface area contributed by atoms with E-state index in [2.05, 4.69) is 4.90 Å². The van der Waals surface area contributed by atoms with Crippen LogP contribution in [0.15, 0.2) is 59.2 Å². The zero-order valence-electron chi connectivity index (χ0n) is 14.9. The number of carbonyl (C=O) groups excluding carboxylic acids is 1. The van der Waals surface area contributed by atoms with Crippen LogP contribution < -0.4 is 4.74 Å². The van der Waals surface area contributed by atoms with Crippen molar-refractivity contribution < 1.29 is 13.9 Å². The van der Waals surface area contributed by atoms with Crippen molar-refractivity contribution in [1.29, 1.82) is 0 Å². The Balaban J connectivity index is 1.49. The van der Waals surface area contributed by atoms with Crippen molar-refractivity contribution in [3.05, 3.63) is 66.1 Å². The summed E-state index contributed by atoms with van der Waals surface area (Å²) in [6.45, 7) is 3.87. The van der Waals surface area contributed by atoms with E-state index >= 15 is 0 Å². The molecule has 1 amide bonds. The number of rotatable bonds is 4. The molecule has 0 bridgehead atoms. The number of nitrogens with zero attached hydrogens (tertiary/aromatic N) is 2. The van der Waals surface area contributed by atoms with Crippen LogP contribution in [0.2, 0.25) is 0 Å². The number of hydrogen-bond acceptors (Lipinski definition) is 4. The second kappa shape index (κ2) is 7.22. The van der Waals surface area contributed by atoms with Crippen LogP contribution >= 0.6 is 0 Å². The zero-order chi connectivity index (χ0) is 17.9. The second-order valence-corrected chi connectivity index (χ2v) is 6.55. The maximum Gasteiger partial charge on any atom is 0.257 e. The third-order valence-electron chi connectivity index (χ3n) is 4.92. The van der Waals surface area contributed by atoms with Crippen molar-refractivity contribution in [2.45, 2.75) is 6.54 Å². The molecule has 5 nitrogen and oxygen atoms in total. The third-order valence-corrected chi connectivity index (χ3v) is 4.92. The van der Waals surface area contributed by atoms with E-state index in [1.165, 1.54) is 0 Å². The molecule has 134 valence electrons. The first-order valence-electron chi connectivity index (χ1n) is 8.85. The molecule has 0 N–H and O–H groups in total. The molecule has 0 saturated carbocycles. The minimum Gasteiger partial charge on any atom is -0.496 e. The van der Waals surface area contributed by atoms with Gasteiger partial charge < -0.3 is 14.1 Å². The summed E-state index contributed by atoms with van der Waals surface area (Å²) in [7, 11) is 1.61. The van der Waals surface area contributed by atoms with E-state index in [1.54, 1.807) is 13.4 Å². The number of fused-ring (bicyclic) bond motifs is 1. The van der Waals surface area contributed by atoms with Crippen LogP contribution in [0.1, 0.15) is 16.1 Å². The highest BCUT2D eigenvalue weighted by Crippen LogP contribution is 2.27. The number of piperazine rings is 1. The molecular formula is C21H22N2O3. The molecule has 2 heterocycles. The summed E-state index contributed by atoms with van der Waals surface area (Å²) >= 11 is 0. The Kier molecular flexibility index (Phi) is 4.63. The van der Waals surface area contributed by atoms with Gasteiger partial charge in [-0.05, 0) is 35.0 Å². The fourth-order valence-electron chi connectivity index (χ4n) is 3.46. The van der Waals surface area contributed by atoms with E-state index in [4.69, 9.17) is 9.15 Å². The maximum atomic E-state index is 13.1. The van der Waals surface area contributed by atoms with E-state index in [1.807, 2.05) is 53.4 Å². The average molecular weight is 350 g/mol. The van der Waals surface area contributed by atoms with Crippen molar-refractivity contribution in [1.82, 2.24) is 9.80 Å². The standard InChI is InChI=1S/C21H22N2O3/c1-25-20-14-17-6-3-2-5-16(17)13-19(20)21(24)23-10-8-22(9-11-23)15-18-7-4-12-26-18/h2-7,12-14H,8-11,15H2,1H3. The van der Waals surface area contributed by atoms with Crippen molar-refractivity contribution in [3.63, 3.8) is 0 Å². The molecule has 0 spiro atoms. The van der Waals surface area contributed by atoms with Crippen LogP contribution in [0.5, 0.6) is 5.75 Å². The van der Waals surface area contributed by atoms with E-state index in [0.29, 0.717) is 24.4 Å². The number of benzene rings is 2. The van der Waals surface area contributed by atoms with Gasteiger partial charge in [-0.1, -0.05) is 24.3 Å². The number of furan rings is 1. The Labute approximate surface area is 152 Å². The lowest BCUT2D eigenvalue weighted by Crippen LogP contribution is -2.48. The predicted octanol–water partition coefficient (Wildman–Crippen LogP) is 3.40. The van der Waals surface area contributed by atoms with Gasteiger partial charge in [0.1, 0.15) is 11.5 Å². The van der Waals surface area contributed by atoms with Crippen LogP contribution in [0.3, 0.4) is 0 Å². The highest BCUT2D eigenvalue weighted by Gasteiger charge is 2.25. The lowest BCUT2D eigenvalue weighted by atomic mass is 10.0.